The Morgan fingerprint density at radius 2 is 1.91 bits per heavy atom. The van der Waals surface area contributed by atoms with Crippen LogP contribution >= 0.6 is 0 Å². The maximum Gasteiger partial charge on any atom is 0.249 e. The van der Waals surface area contributed by atoms with Crippen LogP contribution < -0.4 is 4.74 Å². The molecule has 2 fully saturated rings. The average Bonchev–Trinajstić information content (AvgIpc) is 3.52. The molecule has 166 valence electrons. The fraction of sp³-hybridized carbons (Fsp3) is 0.400. The maximum absolute atomic E-state index is 13.6. The minimum Gasteiger partial charge on any atom is -0.493 e. The van der Waals surface area contributed by atoms with Gasteiger partial charge >= 0.3 is 0 Å². The molecule has 2 heterocycles. The minimum atomic E-state index is -0.400. The number of ether oxygens (including phenoxy) is 1. The summed E-state index contributed by atoms with van der Waals surface area (Å²) in [5.74, 6) is 1.51. The van der Waals surface area contributed by atoms with Gasteiger partial charge in [-0.25, -0.2) is 4.39 Å². The van der Waals surface area contributed by atoms with Crippen LogP contribution in [-0.4, -0.2) is 34.1 Å². The number of nitrogens with zero attached hydrogens (tertiary/aromatic N) is 3. The second-order valence-electron chi connectivity index (χ2n) is 8.56. The first-order valence-electron chi connectivity index (χ1n) is 11.2. The third kappa shape index (κ3) is 4.11. The van der Waals surface area contributed by atoms with Gasteiger partial charge in [0.1, 0.15) is 17.6 Å². The Bertz CT molecular complexity index is 1060. The molecule has 1 aromatic heterocycles. The van der Waals surface area contributed by atoms with E-state index in [1.807, 2.05) is 23.1 Å². The van der Waals surface area contributed by atoms with E-state index in [-0.39, 0.29) is 17.8 Å². The summed E-state index contributed by atoms with van der Waals surface area (Å²) in [6.45, 7) is 1.07. The topological polar surface area (TPSA) is 68.5 Å². The third-order valence-corrected chi connectivity index (χ3v) is 6.43. The normalized spacial score (nSPS) is 19.5. The molecule has 0 bridgehead atoms. The number of carbonyl (C=O) groups excluding carboxylic acids is 1. The lowest BCUT2D eigenvalue weighted by atomic mass is 9.91. The van der Waals surface area contributed by atoms with E-state index in [1.54, 1.807) is 12.1 Å². The Morgan fingerprint density at radius 1 is 1.12 bits per heavy atom. The van der Waals surface area contributed by atoms with E-state index in [2.05, 4.69) is 22.3 Å². The van der Waals surface area contributed by atoms with Gasteiger partial charge in [-0.05, 0) is 61.9 Å². The molecule has 0 spiro atoms. The maximum atomic E-state index is 13.6. The van der Waals surface area contributed by atoms with E-state index in [1.165, 1.54) is 12.1 Å². The van der Waals surface area contributed by atoms with E-state index in [4.69, 9.17) is 9.26 Å². The molecule has 3 aromatic rings. The fourth-order valence-corrected chi connectivity index (χ4v) is 4.51. The number of hydrogen-bond donors (Lipinski definition) is 0. The number of amides is 1. The van der Waals surface area contributed by atoms with Gasteiger partial charge in [-0.1, -0.05) is 35.5 Å². The number of piperidine rings is 1. The molecule has 7 heteroatoms. The summed E-state index contributed by atoms with van der Waals surface area (Å²) in [7, 11) is 0. The summed E-state index contributed by atoms with van der Waals surface area (Å²) < 4.78 is 24.2. The van der Waals surface area contributed by atoms with Gasteiger partial charge < -0.3 is 14.2 Å². The zero-order valence-electron chi connectivity index (χ0n) is 17.9. The highest BCUT2D eigenvalue weighted by Gasteiger charge is 2.54. The summed E-state index contributed by atoms with van der Waals surface area (Å²) in [6.07, 6.45) is 5.07. The van der Waals surface area contributed by atoms with Crippen molar-refractivity contribution in [3.05, 3.63) is 77.7 Å². The summed E-state index contributed by atoms with van der Waals surface area (Å²) in [6, 6.07) is 15.8. The SMILES string of the molecule is O=C(N1CCCCC1c1nc(CCOc2ccc(F)cc2)no1)C1(c2ccccc2)CC1. The average molecular weight is 435 g/mol. The summed E-state index contributed by atoms with van der Waals surface area (Å²) in [5, 5.41) is 4.10. The summed E-state index contributed by atoms with van der Waals surface area (Å²) >= 11 is 0. The molecule has 1 aliphatic heterocycles. The van der Waals surface area contributed by atoms with Gasteiger partial charge in [0.2, 0.25) is 11.8 Å². The quantitative estimate of drug-likeness (QED) is 0.542. The third-order valence-electron chi connectivity index (χ3n) is 6.43. The van der Waals surface area contributed by atoms with Gasteiger partial charge in [-0.3, -0.25) is 4.79 Å². The van der Waals surface area contributed by atoms with Crippen LogP contribution in [0.5, 0.6) is 5.75 Å². The molecular weight excluding hydrogens is 409 g/mol. The van der Waals surface area contributed by atoms with Crippen LogP contribution in [0.1, 0.15) is 55.4 Å². The van der Waals surface area contributed by atoms with Gasteiger partial charge in [0.05, 0.1) is 12.0 Å². The van der Waals surface area contributed by atoms with Gasteiger partial charge in [-0.15, -0.1) is 0 Å². The van der Waals surface area contributed by atoms with Crippen LogP contribution in [0.15, 0.2) is 59.1 Å². The number of halogens is 1. The van der Waals surface area contributed by atoms with E-state index < -0.39 is 5.41 Å². The van der Waals surface area contributed by atoms with Crippen molar-refractivity contribution in [1.29, 1.82) is 0 Å². The molecule has 5 rings (SSSR count). The first-order chi connectivity index (χ1) is 15.7. The predicted molar refractivity (Wildman–Crippen MR) is 116 cm³/mol. The molecular formula is C25H26FN3O3. The van der Waals surface area contributed by atoms with Gasteiger partial charge in [0, 0.05) is 13.0 Å². The number of likely N-dealkylation sites (tertiary alicyclic amines) is 1. The van der Waals surface area contributed by atoms with Crippen LogP contribution in [0.3, 0.4) is 0 Å². The molecule has 6 nitrogen and oxygen atoms in total. The van der Waals surface area contributed by atoms with Crippen LogP contribution in [0.2, 0.25) is 0 Å². The Hall–Kier alpha value is -3.22. The Labute approximate surface area is 186 Å². The monoisotopic (exact) mass is 435 g/mol. The smallest absolute Gasteiger partial charge is 0.249 e. The zero-order valence-corrected chi connectivity index (χ0v) is 17.9. The van der Waals surface area contributed by atoms with Crippen molar-refractivity contribution in [3.8, 4) is 5.75 Å². The number of carbonyl (C=O) groups is 1. The Kier molecular flexibility index (Phi) is 5.64. The molecule has 1 aliphatic carbocycles. The number of aromatic nitrogens is 2. The molecule has 2 aliphatic rings. The minimum absolute atomic E-state index is 0.174. The van der Waals surface area contributed by atoms with Crippen molar-refractivity contribution in [3.63, 3.8) is 0 Å². The number of benzene rings is 2. The molecule has 2 aromatic carbocycles. The molecule has 0 radical (unpaired) electrons. The van der Waals surface area contributed by atoms with Crippen LogP contribution in [-0.2, 0) is 16.6 Å². The lowest BCUT2D eigenvalue weighted by molar-refractivity contribution is -0.138. The van der Waals surface area contributed by atoms with E-state index in [0.717, 1.165) is 37.7 Å². The molecule has 32 heavy (non-hydrogen) atoms. The van der Waals surface area contributed by atoms with Crippen LogP contribution in [0, 0.1) is 5.82 Å². The fourth-order valence-electron chi connectivity index (χ4n) is 4.51. The Morgan fingerprint density at radius 3 is 2.66 bits per heavy atom. The standard InChI is InChI=1S/C25H26FN3O3/c26-19-9-11-20(12-10-19)31-17-13-22-27-23(32-28-22)21-8-4-5-16-29(21)24(30)25(14-15-25)18-6-2-1-3-7-18/h1-3,6-7,9-12,21H,4-5,8,13-17H2. The van der Waals surface area contributed by atoms with Crippen LogP contribution in [0.4, 0.5) is 4.39 Å². The van der Waals surface area contributed by atoms with Crippen molar-refractivity contribution in [1.82, 2.24) is 15.0 Å². The van der Waals surface area contributed by atoms with E-state index in [9.17, 15) is 9.18 Å². The second kappa shape index (κ2) is 8.73. The van der Waals surface area contributed by atoms with E-state index in [0.29, 0.717) is 37.0 Å². The summed E-state index contributed by atoms with van der Waals surface area (Å²) in [4.78, 5) is 20.1. The highest BCUT2D eigenvalue weighted by Crippen LogP contribution is 2.51. The largest absolute Gasteiger partial charge is 0.493 e. The van der Waals surface area contributed by atoms with Crippen LogP contribution in [0.25, 0.3) is 0 Å². The molecule has 1 unspecified atom stereocenters. The lowest BCUT2D eigenvalue weighted by Crippen LogP contribution is -2.44. The van der Waals surface area contributed by atoms with Crippen molar-refractivity contribution in [2.45, 2.75) is 50.0 Å². The second-order valence-corrected chi connectivity index (χ2v) is 8.56. The molecule has 1 saturated carbocycles. The lowest BCUT2D eigenvalue weighted by Gasteiger charge is -2.36. The highest BCUT2D eigenvalue weighted by atomic mass is 19.1. The van der Waals surface area contributed by atoms with E-state index >= 15 is 0 Å². The van der Waals surface area contributed by atoms with Crippen molar-refractivity contribution >= 4 is 5.91 Å². The molecule has 1 saturated heterocycles. The predicted octanol–water partition coefficient (Wildman–Crippen LogP) is 4.62. The molecule has 1 atom stereocenters. The van der Waals surface area contributed by atoms with Gasteiger partial charge in [-0.2, -0.15) is 4.98 Å². The number of rotatable bonds is 7. The molecule has 1 amide bonds. The number of hydrogen-bond acceptors (Lipinski definition) is 5. The highest BCUT2D eigenvalue weighted by molar-refractivity contribution is 5.91. The van der Waals surface area contributed by atoms with Crippen molar-refractivity contribution in [2.24, 2.45) is 0 Å². The first-order valence-corrected chi connectivity index (χ1v) is 11.2. The first kappa shape index (κ1) is 20.7. The molecule has 0 N–H and O–H groups in total. The summed E-state index contributed by atoms with van der Waals surface area (Å²) in [5.41, 5.74) is 0.696. The van der Waals surface area contributed by atoms with Crippen molar-refractivity contribution in [2.75, 3.05) is 13.2 Å². The Balaban J connectivity index is 1.26. The van der Waals surface area contributed by atoms with Crippen molar-refractivity contribution < 1.29 is 18.4 Å². The zero-order chi connectivity index (χ0) is 22.0. The van der Waals surface area contributed by atoms with Gasteiger partial charge in [0.15, 0.2) is 5.82 Å². The van der Waals surface area contributed by atoms with Gasteiger partial charge in [0.25, 0.3) is 0 Å².